The average molecular weight is 266 g/mol. The molecule has 0 N–H and O–H groups in total. The lowest BCUT2D eigenvalue weighted by Gasteiger charge is -2.20. The van der Waals surface area contributed by atoms with Crippen molar-refractivity contribution >= 4 is 23.0 Å². The number of furan rings is 1. The van der Waals surface area contributed by atoms with Crippen molar-refractivity contribution in [2.45, 2.75) is 6.42 Å². The molecule has 2 heterocycles. The van der Waals surface area contributed by atoms with Crippen LogP contribution in [-0.2, 0) is 4.79 Å². The van der Waals surface area contributed by atoms with Crippen LogP contribution in [-0.4, -0.2) is 18.2 Å². The van der Waals surface area contributed by atoms with Crippen LogP contribution >= 0.6 is 0 Å². The molecule has 0 bridgehead atoms. The molecule has 0 saturated carbocycles. The van der Waals surface area contributed by atoms with Gasteiger partial charge in [0.25, 0.3) is 0 Å². The first-order valence-electron chi connectivity index (χ1n) is 6.41. The van der Waals surface area contributed by atoms with E-state index >= 15 is 0 Å². The average Bonchev–Trinajstić information content (AvgIpc) is 2.94. The smallest absolute Gasteiger partial charge is 0.233 e. The number of fused-ring (bicyclic) bond motifs is 1. The van der Waals surface area contributed by atoms with Crippen LogP contribution in [0.3, 0.4) is 0 Å². The minimum atomic E-state index is -0.00926. The Morgan fingerprint density at radius 2 is 2.15 bits per heavy atom. The number of para-hydroxylation sites is 2. The number of rotatable bonds is 3. The van der Waals surface area contributed by atoms with Gasteiger partial charge in [0, 0.05) is 6.54 Å². The number of nitrogens with zero attached hydrogens (tertiary/aromatic N) is 2. The van der Waals surface area contributed by atoms with Crippen molar-refractivity contribution in [2.24, 2.45) is 4.99 Å². The molecule has 1 aromatic carbocycles. The van der Waals surface area contributed by atoms with Gasteiger partial charge in [-0.2, -0.15) is 0 Å². The third-order valence-corrected chi connectivity index (χ3v) is 3.16. The van der Waals surface area contributed by atoms with Crippen LogP contribution in [0.15, 0.2) is 64.7 Å². The fraction of sp³-hybridized carbons (Fsp3) is 0.125. The van der Waals surface area contributed by atoms with Crippen molar-refractivity contribution in [2.75, 3.05) is 11.4 Å². The Balaban J connectivity index is 2.11. The van der Waals surface area contributed by atoms with Crippen molar-refractivity contribution in [1.29, 1.82) is 0 Å². The largest absolute Gasteiger partial charge is 0.463 e. The number of hydrogen-bond acceptors (Lipinski definition) is 3. The maximum atomic E-state index is 12.4. The molecule has 1 aliphatic heterocycles. The van der Waals surface area contributed by atoms with Crippen LogP contribution in [0.2, 0.25) is 0 Å². The van der Waals surface area contributed by atoms with Gasteiger partial charge in [0.1, 0.15) is 5.76 Å². The van der Waals surface area contributed by atoms with Gasteiger partial charge in [-0.25, -0.2) is 4.99 Å². The number of hydrogen-bond donors (Lipinski definition) is 0. The van der Waals surface area contributed by atoms with Gasteiger partial charge in [-0.15, -0.1) is 6.58 Å². The first-order valence-corrected chi connectivity index (χ1v) is 6.41. The van der Waals surface area contributed by atoms with Crippen molar-refractivity contribution in [3.05, 3.63) is 61.1 Å². The van der Waals surface area contributed by atoms with Gasteiger partial charge in [-0.1, -0.05) is 18.2 Å². The predicted molar refractivity (Wildman–Crippen MR) is 78.5 cm³/mol. The van der Waals surface area contributed by atoms with E-state index < -0.39 is 0 Å². The lowest BCUT2D eigenvalue weighted by molar-refractivity contribution is -0.117. The second-order valence-corrected chi connectivity index (χ2v) is 4.49. The summed E-state index contributed by atoms with van der Waals surface area (Å²) in [5.41, 5.74) is 2.23. The van der Waals surface area contributed by atoms with Crippen LogP contribution in [0.1, 0.15) is 12.2 Å². The first kappa shape index (κ1) is 12.4. The fourth-order valence-electron chi connectivity index (χ4n) is 2.26. The summed E-state index contributed by atoms with van der Waals surface area (Å²) in [6.45, 7) is 4.18. The number of carbonyl (C=O) groups is 1. The second-order valence-electron chi connectivity index (χ2n) is 4.49. The Morgan fingerprint density at radius 1 is 1.30 bits per heavy atom. The highest BCUT2D eigenvalue weighted by molar-refractivity contribution is 6.16. The van der Waals surface area contributed by atoms with E-state index in [4.69, 9.17) is 4.42 Å². The SMILES string of the molecule is C=CCN1C(=O)CC(c2ccco2)=Nc2ccccc21. The third kappa shape index (κ3) is 2.16. The Kier molecular flexibility index (Phi) is 3.21. The maximum absolute atomic E-state index is 12.4. The highest BCUT2D eigenvalue weighted by Gasteiger charge is 2.24. The van der Waals surface area contributed by atoms with Crippen LogP contribution in [0.5, 0.6) is 0 Å². The molecule has 4 nitrogen and oxygen atoms in total. The van der Waals surface area contributed by atoms with E-state index in [1.54, 1.807) is 23.3 Å². The van der Waals surface area contributed by atoms with Crippen LogP contribution in [0.25, 0.3) is 0 Å². The molecule has 0 fully saturated rings. The molecule has 1 aliphatic rings. The van der Waals surface area contributed by atoms with Crippen molar-refractivity contribution in [3.8, 4) is 0 Å². The summed E-state index contributed by atoms with van der Waals surface area (Å²) < 4.78 is 5.37. The minimum Gasteiger partial charge on any atom is -0.463 e. The van der Waals surface area contributed by atoms with Crippen LogP contribution in [0, 0.1) is 0 Å². The Labute approximate surface area is 117 Å². The maximum Gasteiger partial charge on any atom is 0.233 e. The molecule has 0 saturated heterocycles. The normalized spacial score (nSPS) is 14.5. The summed E-state index contributed by atoms with van der Waals surface area (Å²) in [6, 6.07) is 11.2. The van der Waals surface area contributed by atoms with Crippen molar-refractivity contribution in [1.82, 2.24) is 0 Å². The number of anilines is 1. The molecule has 1 aromatic heterocycles. The molecule has 0 atom stereocenters. The molecule has 20 heavy (non-hydrogen) atoms. The third-order valence-electron chi connectivity index (χ3n) is 3.16. The quantitative estimate of drug-likeness (QED) is 0.800. The van der Waals surface area contributed by atoms with Gasteiger partial charge in [0.05, 0.1) is 29.8 Å². The number of benzene rings is 1. The zero-order chi connectivity index (χ0) is 13.9. The standard InChI is InChI=1S/C16H14N2O2/c1-2-9-18-14-7-4-3-6-12(14)17-13(11-16(18)19)15-8-5-10-20-15/h2-8,10H,1,9,11H2. The molecule has 1 amide bonds. The second kappa shape index (κ2) is 5.17. The summed E-state index contributed by atoms with van der Waals surface area (Å²) in [6.07, 6.45) is 3.52. The summed E-state index contributed by atoms with van der Waals surface area (Å²) in [5.74, 6) is 0.624. The molecule has 0 spiro atoms. The van der Waals surface area contributed by atoms with E-state index in [9.17, 15) is 4.79 Å². The molecule has 0 aliphatic carbocycles. The van der Waals surface area contributed by atoms with E-state index in [2.05, 4.69) is 11.6 Å². The molecule has 3 rings (SSSR count). The van der Waals surface area contributed by atoms with Gasteiger partial charge < -0.3 is 9.32 Å². The molecule has 100 valence electrons. The van der Waals surface area contributed by atoms with Gasteiger partial charge >= 0.3 is 0 Å². The molecule has 2 aromatic rings. The summed E-state index contributed by atoms with van der Waals surface area (Å²) in [4.78, 5) is 18.7. The first-order chi connectivity index (χ1) is 9.79. The monoisotopic (exact) mass is 266 g/mol. The molecule has 0 radical (unpaired) electrons. The van der Waals surface area contributed by atoms with E-state index in [1.165, 1.54) is 0 Å². The molecular weight excluding hydrogens is 252 g/mol. The fourth-order valence-corrected chi connectivity index (χ4v) is 2.26. The summed E-state index contributed by atoms with van der Waals surface area (Å²) in [5, 5.41) is 0. The van der Waals surface area contributed by atoms with E-state index in [0.29, 0.717) is 18.0 Å². The lowest BCUT2D eigenvalue weighted by atomic mass is 10.2. The highest BCUT2D eigenvalue weighted by Crippen LogP contribution is 2.32. The Morgan fingerprint density at radius 3 is 2.90 bits per heavy atom. The van der Waals surface area contributed by atoms with Gasteiger partial charge in [-0.3, -0.25) is 4.79 Å². The topological polar surface area (TPSA) is 45.8 Å². The Bertz CT molecular complexity index is 672. The van der Waals surface area contributed by atoms with Crippen LogP contribution < -0.4 is 4.90 Å². The summed E-state index contributed by atoms with van der Waals surface area (Å²) in [7, 11) is 0. The highest BCUT2D eigenvalue weighted by atomic mass is 16.3. The Hall–Kier alpha value is -2.62. The van der Waals surface area contributed by atoms with Gasteiger partial charge in [-0.05, 0) is 24.3 Å². The zero-order valence-corrected chi connectivity index (χ0v) is 11.0. The molecule has 4 heteroatoms. The van der Waals surface area contributed by atoms with Crippen LogP contribution in [0.4, 0.5) is 11.4 Å². The van der Waals surface area contributed by atoms with Gasteiger partial charge in [0.2, 0.25) is 5.91 Å². The number of aliphatic imine (C=N–C) groups is 1. The summed E-state index contributed by atoms with van der Waals surface area (Å²) >= 11 is 0. The van der Waals surface area contributed by atoms with E-state index in [1.807, 2.05) is 30.3 Å². The number of amides is 1. The van der Waals surface area contributed by atoms with E-state index in [0.717, 1.165) is 11.4 Å². The molecular formula is C16H14N2O2. The molecule has 0 unspecified atom stereocenters. The van der Waals surface area contributed by atoms with E-state index in [-0.39, 0.29) is 12.3 Å². The van der Waals surface area contributed by atoms with Crippen molar-refractivity contribution in [3.63, 3.8) is 0 Å². The zero-order valence-electron chi connectivity index (χ0n) is 11.0. The van der Waals surface area contributed by atoms with Crippen molar-refractivity contribution < 1.29 is 9.21 Å². The number of carbonyl (C=O) groups excluding carboxylic acids is 1. The predicted octanol–water partition coefficient (Wildman–Crippen LogP) is 3.32. The van der Waals surface area contributed by atoms with Gasteiger partial charge in [0.15, 0.2) is 0 Å². The minimum absolute atomic E-state index is 0.00926. The lowest BCUT2D eigenvalue weighted by Crippen LogP contribution is -2.31.